The third-order valence-electron chi connectivity index (χ3n) is 3.70. The molecular weight excluding hydrogens is 344 g/mol. The lowest BCUT2D eigenvalue weighted by molar-refractivity contribution is 0.0948. The molecule has 0 atom stereocenters. The van der Waals surface area contributed by atoms with Crippen molar-refractivity contribution in [3.8, 4) is 5.75 Å². The Morgan fingerprint density at radius 3 is 2.11 bits per heavy atom. The van der Waals surface area contributed by atoms with Gasteiger partial charge in [0.05, 0.1) is 6.10 Å². The molecule has 0 heterocycles. The van der Waals surface area contributed by atoms with Crippen molar-refractivity contribution in [3.63, 3.8) is 0 Å². The van der Waals surface area contributed by atoms with Gasteiger partial charge in [-0.25, -0.2) is 0 Å². The molecule has 2 amide bonds. The van der Waals surface area contributed by atoms with Gasteiger partial charge in [0.2, 0.25) is 0 Å². The van der Waals surface area contributed by atoms with Gasteiger partial charge in [-0.3, -0.25) is 9.59 Å². The van der Waals surface area contributed by atoms with Gasteiger partial charge in [0, 0.05) is 37.1 Å². The summed E-state index contributed by atoms with van der Waals surface area (Å²) in [4.78, 5) is 24.3. The maximum Gasteiger partial charge on any atom is 0.255 e. The largest absolute Gasteiger partial charge is 0.491 e. The highest BCUT2D eigenvalue weighted by atomic mass is 16.5. The van der Waals surface area contributed by atoms with Crippen LogP contribution < -0.4 is 15.4 Å². The molecule has 0 aliphatic heterocycles. The molecule has 6 heteroatoms. The Balaban J connectivity index is 1.89. The van der Waals surface area contributed by atoms with Gasteiger partial charge < -0.3 is 20.1 Å². The summed E-state index contributed by atoms with van der Waals surface area (Å²) in [7, 11) is 1.63. The normalized spacial score (nSPS) is 10.5. The minimum Gasteiger partial charge on any atom is -0.491 e. The lowest BCUT2D eigenvalue weighted by Gasteiger charge is -2.10. The fourth-order valence-corrected chi connectivity index (χ4v) is 2.39. The summed E-state index contributed by atoms with van der Waals surface area (Å²) in [5, 5.41) is 5.64. The molecule has 144 valence electrons. The molecule has 2 rings (SSSR count). The number of nitrogens with one attached hydrogen (secondary N) is 2. The Bertz CT molecular complexity index is 740. The maximum absolute atomic E-state index is 12.3. The fraction of sp³-hybridized carbons (Fsp3) is 0.333. The quantitative estimate of drug-likeness (QED) is 0.663. The molecule has 2 N–H and O–H groups in total. The van der Waals surface area contributed by atoms with E-state index in [1.807, 2.05) is 13.8 Å². The van der Waals surface area contributed by atoms with Crippen molar-refractivity contribution in [1.82, 2.24) is 5.32 Å². The summed E-state index contributed by atoms with van der Waals surface area (Å²) in [6.07, 6.45) is 0.845. The minimum atomic E-state index is -0.220. The Kier molecular flexibility index (Phi) is 7.82. The molecule has 2 aromatic rings. The van der Waals surface area contributed by atoms with E-state index >= 15 is 0 Å². The number of hydrogen-bond donors (Lipinski definition) is 2. The SMILES string of the molecule is COCCCNC(=O)c1ccc(NC(=O)c2ccc(OC(C)C)cc2)cc1. The third-order valence-corrected chi connectivity index (χ3v) is 3.70. The van der Waals surface area contributed by atoms with E-state index in [9.17, 15) is 9.59 Å². The first kappa shape index (κ1) is 20.5. The van der Waals surface area contributed by atoms with E-state index in [4.69, 9.17) is 9.47 Å². The van der Waals surface area contributed by atoms with Crippen molar-refractivity contribution in [2.75, 3.05) is 25.6 Å². The Labute approximate surface area is 159 Å². The predicted octanol–water partition coefficient (Wildman–Crippen LogP) is 3.49. The van der Waals surface area contributed by atoms with Crippen LogP contribution in [0.1, 0.15) is 41.0 Å². The van der Waals surface area contributed by atoms with Crippen LogP contribution in [0.15, 0.2) is 48.5 Å². The summed E-state index contributed by atoms with van der Waals surface area (Å²) in [6, 6.07) is 13.7. The molecule has 0 unspecified atom stereocenters. The maximum atomic E-state index is 12.3. The average Bonchev–Trinajstić information content (AvgIpc) is 2.65. The smallest absolute Gasteiger partial charge is 0.255 e. The predicted molar refractivity (Wildman–Crippen MR) is 105 cm³/mol. The number of methoxy groups -OCH3 is 1. The zero-order valence-electron chi connectivity index (χ0n) is 16.0. The van der Waals surface area contributed by atoms with Crippen molar-refractivity contribution < 1.29 is 19.1 Å². The van der Waals surface area contributed by atoms with Crippen LogP contribution >= 0.6 is 0 Å². The number of ether oxygens (including phenoxy) is 2. The number of carbonyl (C=O) groups is 2. The molecule has 0 saturated carbocycles. The molecule has 0 aliphatic carbocycles. The van der Waals surface area contributed by atoms with Crippen molar-refractivity contribution in [2.24, 2.45) is 0 Å². The Morgan fingerprint density at radius 1 is 0.926 bits per heavy atom. The van der Waals surface area contributed by atoms with Crippen LogP contribution in [0.2, 0.25) is 0 Å². The molecule has 0 bridgehead atoms. The van der Waals surface area contributed by atoms with E-state index in [-0.39, 0.29) is 17.9 Å². The number of carbonyl (C=O) groups excluding carboxylic acids is 2. The molecular formula is C21H26N2O4. The highest BCUT2D eigenvalue weighted by Gasteiger charge is 2.09. The van der Waals surface area contributed by atoms with Crippen LogP contribution in [-0.4, -0.2) is 38.2 Å². The molecule has 0 aliphatic rings. The molecule has 0 radical (unpaired) electrons. The first-order valence-electron chi connectivity index (χ1n) is 8.95. The van der Waals surface area contributed by atoms with Crippen molar-refractivity contribution in [2.45, 2.75) is 26.4 Å². The molecule has 0 spiro atoms. The van der Waals surface area contributed by atoms with Gasteiger partial charge in [0.15, 0.2) is 0 Å². The van der Waals surface area contributed by atoms with Gasteiger partial charge in [-0.1, -0.05) is 0 Å². The van der Waals surface area contributed by atoms with E-state index < -0.39 is 0 Å². The summed E-state index contributed by atoms with van der Waals surface area (Å²) < 4.78 is 10.5. The van der Waals surface area contributed by atoms with E-state index in [2.05, 4.69) is 10.6 Å². The Morgan fingerprint density at radius 2 is 1.52 bits per heavy atom. The zero-order valence-corrected chi connectivity index (χ0v) is 16.0. The highest BCUT2D eigenvalue weighted by Crippen LogP contribution is 2.16. The van der Waals surface area contributed by atoms with Gasteiger partial charge in [-0.05, 0) is 68.8 Å². The standard InChI is InChI=1S/C21H26N2O4/c1-15(2)27-19-11-7-17(8-12-19)21(25)23-18-9-5-16(6-10-18)20(24)22-13-4-14-26-3/h5-12,15H,4,13-14H2,1-3H3,(H,22,24)(H,23,25). The average molecular weight is 370 g/mol. The number of anilines is 1. The second-order valence-corrected chi connectivity index (χ2v) is 6.32. The lowest BCUT2D eigenvalue weighted by Crippen LogP contribution is -2.25. The van der Waals surface area contributed by atoms with Gasteiger partial charge >= 0.3 is 0 Å². The monoisotopic (exact) mass is 370 g/mol. The number of rotatable bonds is 9. The Hall–Kier alpha value is -2.86. The summed E-state index contributed by atoms with van der Waals surface area (Å²) in [5.41, 5.74) is 1.70. The summed E-state index contributed by atoms with van der Waals surface area (Å²) >= 11 is 0. The third kappa shape index (κ3) is 6.75. The van der Waals surface area contributed by atoms with E-state index in [1.54, 1.807) is 55.6 Å². The van der Waals surface area contributed by atoms with Gasteiger partial charge in [-0.15, -0.1) is 0 Å². The van der Waals surface area contributed by atoms with Crippen LogP contribution in [0.4, 0.5) is 5.69 Å². The molecule has 0 saturated heterocycles. The first-order chi connectivity index (χ1) is 13.0. The van der Waals surface area contributed by atoms with E-state index in [0.717, 1.165) is 12.2 Å². The van der Waals surface area contributed by atoms with Crippen LogP contribution in [0.3, 0.4) is 0 Å². The van der Waals surface area contributed by atoms with Crippen LogP contribution in [-0.2, 0) is 4.74 Å². The van der Waals surface area contributed by atoms with Gasteiger partial charge in [0.25, 0.3) is 11.8 Å². The number of benzene rings is 2. The fourth-order valence-electron chi connectivity index (χ4n) is 2.39. The molecule has 0 aromatic heterocycles. The number of amides is 2. The van der Waals surface area contributed by atoms with Crippen LogP contribution in [0, 0.1) is 0 Å². The first-order valence-corrected chi connectivity index (χ1v) is 8.95. The lowest BCUT2D eigenvalue weighted by atomic mass is 10.1. The van der Waals surface area contributed by atoms with Crippen molar-refractivity contribution in [3.05, 3.63) is 59.7 Å². The highest BCUT2D eigenvalue weighted by molar-refractivity contribution is 6.04. The van der Waals surface area contributed by atoms with Crippen LogP contribution in [0.25, 0.3) is 0 Å². The summed E-state index contributed by atoms with van der Waals surface area (Å²) in [5.74, 6) is 0.356. The molecule has 6 nitrogen and oxygen atoms in total. The molecule has 27 heavy (non-hydrogen) atoms. The summed E-state index contributed by atoms with van der Waals surface area (Å²) in [6.45, 7) is 5.06. The second kappa shape index (κ2) is 10.3. The molecule has 0 fully saturated rings. The topological polar surface area (TPSA) is 76.7 Å². The molecule has 2 aromatic carbocycles. The number of hydrogen-bond acceptors (Lipinski definition) is 4. The van der Waals surface area contributed by atoms with Gasteiger partial charge in [-0.2, -0.15) is 0 Å². The zero-order chi connectivity index (χ0) is 19.6. The van der Waals surface area contributed by atoms with E-state index in [1.165, 1.54) is 0 Å². The minimum absolute atomic E-state index is 0.0837. The van der Waals surface area contributed by atoms with Gasteiger partial charge in [0.1, 0.15) is 5.75 Å². The second-order valence-electron chi connectivity index (χ2n) is 6.32. The van der Waals surface area contributed by atoms with Crippen LogP contribution in [0.5, 0.6) is 5.75 Å². The van der Waals surface area contributed by atoms with Crippen molar-refractivity contribution >= 4 is 17.5 Å². The van der Waals surface area contributed by atoms with E-state index in [0.29, 0.717) is 30.0 Å². The van der Waals surface area contributed by atoms with Crippen molar-refractivity contribution in [1.29, 1.82) is 0 Å².